The molecule has 0 radical (unpaired) electrons. The predicted octanol–water partition coefficient (Wildman–Crippen LogP) is 1.58. The minimum absolute atomic E-state index is 0.0262. The number of carbonyl (C=O) groups excluding carboxylic acids is 2. The number of nitrogens with two attached hydrogens (primary N) is 2. The summed E-state index contributed by atoms with van der Waals surface area (Å²) >= 11 is 0. The van der Waals surface area contributed by atoms with Crippen LogP contribution in [0.25, 0.3) is 0 Å². The summed E-state index contributed by atoms with van der Waals surface area (Å²) in [5.74, 6) is -1.04. The van der Waals surface area contributed by atoms with Crippen LogP contribution in [0, 0.1) is 5.82 Å². The van der Waals surface area contributed by atoms with Gasteiger partial charge in [0.25, 0.3) is 5.91 Å². The average molecular weight is 513 g/mol. The van der Waals surface area contributed by atoms with Crippen molar-refractivity contribution >= 4 is 36.0 Å². The zero-order chi connectivity index (χ0) is 27.1. The summed E-state index contributed by atoms with van der Waals surface area (Å²) in [6.07, 6.45) is 7.81. The van der Waals surface area contributed by atoms with Crippen molar-refractivity contribution in [1.82, 2.24) is 10.2 Å². The maximum Gasteiger partial charge on any atom is 0.409 e. The minimum Gasteiger partial charge on any atom is -0.447 e. The van der Waals surface area contributed by atoms with Gasteiger partial charge in [-0.15, -0.1) is 0 Å². The van der Waals surface area contributed by atoms with E-state index in [9.17, 15) is 14.0 Å². The van der Waals surface area contributed by atoms with Gasteiger partial charge in [0.2, 0.25) is 0 Å². The van der Waals surface area contributed by atoms with E-state index in [4.69, 9.17) is 21.2 Å². The van der Waals surface area contributed by atoms with E-state index in [1.807, 2.05) is 13.8 Å². The van der Waals surface area contributed by atoms with Crippen LogP contribution in [0.1, 0.15) is 20.3 Å². The number of piperidine rings is 1. The van der Waals surface area contributed by atoms with E-state index in [1.54, 1.807) is 25.5 Å². The van der Waals surface area contributed by atoms with Gasteiger partial charge in [-0.05, 0) is 56.8 Å². The Morgan fingerprint density at radius 1 is 1.35 bits per heavy atom. The van der Waals surface area contributed by atoms with E-state index in [0.29, 0.717) is 18.7 Å². The van der Waals surface area contributed by atoms with Gasteiger partial charge in [-0.25, -0.2) is 9.18 Å². The standard InChI is InChI=1S/C25H33FN8O3/c1-24(2,31-11-4-10-29-3)16-37-23(36)34-12-9-20(27)25(15-34)14-30-13-19(21(28)35)22(33-25)32-18-7-5-17(26)6-8-18/h4-8,10-11,13-14,20,31H,9,12,15-16,27H2,1-3H3,(H2,28,35)(H,32,33)/b11-4-,29-10?/t20-,25?/m1/s1. The second-order valence-electron chi connectivity index (χ2n) is 9.43. The first-order chi connectivity index (χ1) is 17.5. The van der Waals surface area contributed by atoms with E-state index in [2.05, 4.69) is 20.6 Å². The number of carbonyl (C=O) groups is 2. The molecule has 2 heterocycles. The maximum atomic E-state index is 13.4. The lowest BCUT2D eigenvalue weighted by Crippen LogP contribution is -2.62. The largest absolute Gasteiger partial charge is 0.447 e. The minimum atomic E-state index is -1.15. The molecule has 2 aliphatic heterocycles. The fraction of sp³-hybridized carbons (Fsp3) is 0.400. The number of amides is 2. The number of anilines is 1. The van der Waals surface area contributed by atoms with Gasteiger partial charge in [0, 0.05) is 44.0 Å². The number of amidine groups is 1. The molecule has 1 spiro atoms. The van der Waals surface area contributed by atoms with Crippen LogP contribution in [-0.4, -0.2) is 79.0 Å². The Balaban J connectivity index is 1.79. The molecule has 2 atom stereocenters. The fourth-order valence-electron chi connectivity index (χ4n) is 3.78. The summed E-state index contributed by atoms with van der Waals surface area (Å²) in [4.78, 5) is 39.5. The first-order valence-electron chi connectivity index (χ1n) is 11.7. The molecule has 0 aromatic heterocycles. The number of ether oxygens (including phenoxy) is 1. The molecule has 2 aliphatic rings. The van der Waals surface area contributed by atoms with Crippen LogP contribution < -0.4 is 22.1 Å². The maximum absolute atomic E-state index is 13.4. The highest BCUT2D eigenvalue weighted by Gasteiger charge is 2.44. The number of allylic oxidation sites excluding steroid dienone is 1. The van der Waals surface area contributed by atoms with Crippen LogP contribution in [0.15, 0.2) is 63.3 Å². The number of nitrogens with zero attached hydrogens (tertiary/aromatic N) is 4. The average Bonchev–Trinajstić information content (AvgIpc) is 3.03. The van der Waals surface area contributed by atoms with Crippen molar-refractivity contribution in [2.75, 3.05) is 32.1 Å². The van der Waals surface area contributed by atoms with Gasteiger partial charge >= 0.3 is 6.09 Å². The van der Waals surface area contributed by atoms with E-state index < -0.39 is 34.9 Å². The Morgan fingerprint density at radius 2 is 2.08 bits per heavy atom. The molecule has 1 aromatic rings. The van der Waals surface area contributed by atoms with Gasteiger partial charge in [0.15, 0.2) is 0 Å². The van der Waals surface area contributed by atoms with Crippen LogP contribution in [0.3, 0.4) is 0 Å². The third kappa shape index (κ3) is 7.23. The molecule has 11 nitrogen and oxygen atoms in total. The number of primary amides is 1. The van der Waals surface area contributed by atoms with Crippen LogP contribution in [-0.2, 0) is 9.53 Å². The van der Waals surface area contributed by atoms with Crippen molar-refractivity contribution < 1.29 is 18.7 Å². The number of halogens is 1. The van der Waals surface area contributed by atoms with E-state index >= 15 is 0 Å². The molecule has 1 fully saturated rings. The molecule has 0 bridgehead atoms. The number of aliphatic imine (C=N–C) groups is 3. The number of likely N-dealkylation sites (tertiary alicyclic amines) is 1. The van der Waals surface area contributed by atoms with Crippen molar-refractivity contribution in [2.45, 2.75) is 37.4 Å². The Labute approximate surface area is 215 Å². The highest BCUT2D eigenvalue weighted by molar-refractivity contribution is 6.25. The molecule has 6 N–H and O–H groups in total. The lowest BCUT2D eigenvalue weighted by molar-refractivity contribution is -0.114. The topological polar surface area (TPSA) is 160 Å². The molecule has 2 amide bonds. The summed E-state index contributed by atoms with van der Waals surface area (Å²) in [7, 11) is 1.67. The molecule has 37 heavy (non-hydrogen) atoms. The number of nitrogens with one attached hydrogen (secondary N) is 2. The molecule has 0 saturated carbocycles. The van der Waals surface area contributed by atoms with E-state index in [1.165, 1.54) is 41.6 Å². The summed E-state index contributed by atoms with van der Waals surface area (Å²) in [5, 5.41) is 6.17. The Morgan fingerprint density at radius 3 is 2.76 bits per heavy atom. The Bertz CT molecular complexity index is 1140. The third-order valence-electron chi connectivity index (χ3n) is 5.87. The number of hydrogen-bond acceptors (Lipinski definition) is 9. The van der Waals surface area contributed by atoms with Crippen molar-refractivity contribution in [3.05, 3.63) is 54.1 Å². The molecule has 1 aromatic carbocycles. The number of rotatable bonds is 7. The number of benzene rings is 1. The SMILES string of the molecule is CN=C/C=C\NC(C)(C)COC(=O)N1CC[C@@H](N)C2(C=NC=C(C(N)=O)C(Nc3ccc(F)cc3)=N2)C1. The number of hydrogen-bond donors (Lipinski definition) is 4. The predicted molar refractivity (Wildman–Crippen MR) is 142 cm³/mol. The van der Waals surface area contributed by atoms with Gasteiger partial charge in [0.1, 0.15) is 23.8 Å². The summed E-state index contributed by atoms with van der Waals surface area (Å²) in [5.41, 5.74) is 10.9. The Hall–Kier alpha value is -4.06. The van der Waals surface area contributed by atoms with Crippen molar-refractivity contribution in [3.63, 3.8) is 0 Å². The van der Waals surface area contributed by atoms with Crippen molar-refractivity contribution in [1.29, 1.82) is 0 Å². The summed E-state index contributed by atoms with van der Waals surface area (Å²) < 4.78 is 19.0. The first-order valence-corrected chi connectivity index (χ1v) is 11.7. The van der Waals surface area contributed by atoms with Crippen LogP contribution in [0.5, 0.6) is 0 Å². The molecule has 3 rings (SSSR count). The van der Waals surface area contributed by atoms with Crippen LogP contribution >= 0.6 is 0 Å². The Kier molecular flexibility index (Phi) is 8.77. The van der Waals surface area contributed by atoms with E-state index in [-0.39, 0.29) is 24.6 Å². The summed E-state index contributed by atoms with van der Waals surface area (Å²) in [6.45, 7) is 4.34. The molecular weight excluding hydrogens is 479 g/mol. The van der Waals surface area contributed by atoms with Gasteiger partial charge in [0.05, 0.1) is 17.7 Å². The zero-order valence-electron chi connectivity index (χ0n) is 21.1. The van der Waals surface area contributed by atoms with Crippen molar-refractivity contribution in [2.24, 2.45) is 26.4 Å². The smallest absolute Gasteiger partial charge is 0.409 e. The lowest BCUT2D eigenvalue weighted by Gasteiger charge is -2.42. The quantitative estimate of drug-likeness (QED) is 0.406. The molecule has 1 unspecified atom stereocenters. The van der Waals surface area contributed by atoms with Gasteiger partial charge in [-0.2, -0.15) is 0 Å². The summed E-state index contributed by atoms with van der Waals surface area (Å²) in [6, 6.07) is 5.04. The van der Waals surface area contributed by atoms with E-state index in [0.717, 1.165) is 0 Å². The molecular formula is C25H33FN8O3. The molecule has 198 valence electrons. The van der Waals surface area contributed by atoms with Crippen LogP contribution in [0.4, 0.5) is 14.9 Å². The molecule has 1 saturated heterocycles. The van der Waals surface area contributed by atoms with Gasteiger partial charge in [-0.1, -0.05) is 0 Å². The highest BCUT2D eigenvalue weighted by Crippen LogP contribution is 2.27. The normalized spacial score (nSPS) is 22.1. The zero-order valence-corrected chi connectivity index (χ0v) is 21.1. The highest BCUT2D eigenvalue weighted by atomic mass is 19.1. The second kappa shape index (κ2) is 11.8. The molecule has 0 aliphatic carbocycles. The fourth-order valence-corrected chi connectivity index (χ4v) is 3.78. The van der Waals surface area contributed by atoms with Crippen LogP contribution in [0.2, 0.25) is 0 Å². The van der Waals surface area contributed by atoms with Gasteiger partial charge in [-0.3, -0.25) is 19.8 Å². The molecule has 12 heteroatoms. The third-order valence-corrected chi connectivity index (χ3v) is 5.87. The van der Waals surface area contributed by atoms with Crippen molar-refractivity contribution in [3.8, 4) is 0 Å². The van der Waals surface area contributed by atoms with Gasteiger partial charge < -0.3 is 31.7 Å². The second-order valence-corrected chi connectivity index (χ2v) is 9.43. The first kappa shape index (κ1) is 27.5. The monoisotopic (exact) mass is 512 g/mol. The lowest BCUT2D eigenvalue weighted by atomic mass is 9.86.